The molecule has 0 bridgehead atoms. The van der Waals surface area contributed by atoms with Crippen molar-refractivity contribution in [2.75, 3.05) is 6.26 Å². The minimum absolute atomic E-state index is 0.00611. The van der Waals surface area contributed by atoms with Gasteiger partial charge in [-0.1, -0.05) is 42.5 Å². The first-order chi connectivity index (χ1) is 22.3. The molecule has 0 amide bonds. The highest BCUT2D eigenvalue weighted by atomic mass is 32.2. The fourth-order valence-corrected chi connectivity index (χ4v) is 6.00. The van der Waals surface area contributed by atoms with Gasteiger partial charge in [0.2, 0.25) is 10.0 Å². The Morgan fingerprint density at radius 1 is 0.783 bits per heavy atom. The number of aromatic amines is 2. The Labute approximate surface area is 265 Å². The molecule has 0 radical (unpaired) electrons. The van der Waals surface area contributed by atoms with E-state index >= 15 is 0 Å². The monoisotopic (exact) mass is 631 g/mol. The molecule has 0 aliphatic carbocycles. The molecule has 4 aromatic heterocycles. The molecule has 0 aliphatic rings. The zero-order valence-corrected chi connectivity index (χ0v) is 25.7. The number of pyridine rings is 2. The maximum atomic E-state index is 14.7. The van der Waals surface area contributed by atoms with Crippen LogP contribution in [-0.2, 0) is 29.7 Å². The van der Waals surface area contributed by atoms with Gasteiger partial charge in [-0.3, -0.25) is 10.1 Å². The number of hydrogen-bond donors (Lipinski definition) is 4. The van der Waals surface area contributed by atoms with Gasteiger partial charge in [-0.05, 0) is 76.3 Å². The van der Waals surface area contributed by atoms with Crippen molar-refractivity contribution < 1.29 is 12.8 Å². The van der Waals surface area contributed by atoms with Crippen LogP contribution in [0.2, 0.25) is 0 Å². The van der Waals surface area contributed by atoms with Gasteiger partial charge in [0, 0.05) is 48.5 Å². The van der Waals surface area contributed by atoms with Gasteiger partial charge in [0.15, 0.2) is 0 Å². The summed E-state index contributed by atoms with van der Waals surface area (Å²) >= 11 is 0. The summed E-state index contributed by atoms with van der Waals surface area (Å²) < 4.78 is 40.3. The van der Waals surface area contributed by atoms with E-state index in [0.717, 1.165) is 57.3 Å². The highest BCUT2D eigenvalue weighted by Gasteiger charge is 2.16. The van der Waals surface area contributed by atoms with Crippen LogP contribution in [-0.4, -0.2) is 39.8 Å². The van der Waals surface area contributed by atoms with E-state index in [2.05, 4.69) is 48.4 Å². The number of fused-ring (bicyclic) bond motifs is 2. The predicted octanol–water partition coefficient (Wildman–Crippen LogP) is 6.31. The van der Waals surface area contributed by atoms with Crippen molar-refractivity contribution in [3.63, 3.8) is 0 Å². The smallest absolute Gasteiger partial charge is 0.209 e. The normalized spacial score (nSPS) is 11.9. The van der Waals surface area contributed by atoms with Crippen LogP contribution < -0.4 is 10.0 Å². The molecule has 3 aromatic carbocycles. The number of sulfonamides is 1. The minimum atomic E-state index is -3.42. The molecular weight excluding hydrogens is 601 g/mol. The molecule has 7 rings (SSSR count). The van der Waals surface area contributed by atoms with E-state index in [9.17, 15) is 12.8 Å². The van der Waals surface area contributed by atoms with Gasteiger partial charge in [0.1, 0.15) is 17.0 Å². The number of nitrogens with one attached hydrogen (secondary N) is 4. The van der Waals surface area contributed by atoms with Crippen LogP contribution in [0.1, 0.15) is 16.7 Å². The maximum Gasteiger partial charge on any atom is 0.209 e. The maximum absolute atomic E-state index is 14.7. The average Bonchev–Trinajstić information content (AvgIpc) is 3.68. The van der Waals surface area contributed by atoms with Crippen LogP contribution in [0.5, 0.6) is 0 Å². The summed E-state index contributed by atoms with van der Waals surface area (Å²) in [5, 5.41) is 12.0. The topological polar surface area (TPSA) is 128 Å². The van der Waals surface area contributed by atoms with Gasteiger partial charge in [-0.25, -0.2) is 22.5 Å². The summed E-state index contributed by atoms with van der Waals surface area (Å²) in [6.45, 7) is 1.43. The van der Waals surface area contributed by atoms with E-state index < -0.39 is 15.8 Å². The highest BCUT2D eigenvalue weighted by Crippen LogP contribution is 2.35. The molecule has 0 saturated heterocycles. The number of rotatable bonds is 10. The van der Waals surface area contributed by atoms with Gasteiger partial charge >= 0.3 is 0 Å². The van der Waals surface area contributed by atoms with Crippen LogP contribution in [0.4, 0.5) is 4.39 Å². The molecule has 230 valence electrons. The molecule has 46 heavy (non-hydrogen) atoms. The summed E-state index contributed by atoms with van der Waals surface area (Å²) in [5.74, 6) is -0.448. The molecule has 11 heteroatoms. The molecule has 0 saturated carbocycles. The summed E-state index contributed by atoms with van der Waals surface area (Å²) in [6.07, 6.45) is 4.74. The Morgan fingerprint density at radius 3 is 2.46 bits per heavy atom. The van der Waals surface area contributed by atoms with Crippen molar-refractivity contribution in [2.24, 2.45) is 0 Å². The second-order valence-corrected chi connectivity index (χ2v) is 13.1. The zero-order chi connectivity index (χ0) is 31.7. The SMILES string of the molecule is CS(=O)(=O)NCc1cc(F)cc(-c2cccc3[nH]c(-c4n[nH]c5ccc(-c6cncc(CNCc7ccccc7)c6)nc45)cc23)c1. The Morgan fingerprint density at radius 2 is 1.61 bits per heavy atom. The van der Waals surface area contributed by atoms with Crippen LogP contribution >= 0.6 is 0 Å². The van der Waals surface area contributed by atoms with Crippen LogP contribution in [0.25, 0.3) is 55.7 Å². The molecule has 0 atom stereocenters. The van der Waals surface area contributed by atoms with E-state index in [1.54, 1.807) is 6.07 Å². The average molecular weight is 632 g/mol. The van der Waals surface area contributed by atoms with E-state index in [1.165, 1.54) is 17.7 Å². The Bertz CT molecular complexity index is 2300. The second kappa shape index (κ2) is 12.3. The van der Waals surface area contributed by atoms with Crippen LogP contribution in [0.15, 0.2) is 103 Å². The lowest BCUT2D eigenvalue weighted by atomic mass is 9.99. The summed E-state index contributed by atoms with van der Waals surface area (Å²) in [6, 6.07) is 28.6. The van der Waals surface area contributed by atoms with Crippen molar-refractivity contribution in [3.05, 3.63) is 126 Å². The Balaban J connectivity index is 1.19. The summed E-state index contributed by atoms with van der Waals surface area (Å²) in [5.41, 5.74) is 9.67. The number of halogens is 1. The van der Waals surface area contributed by atoms with Gasteiger partial charge in [-0.2, -0.15) is 5.10 Å². The third-order valence-electron chi connectivity index (χ3n) is 7.73. The third kappa shape index (κ3) is 6.43. The second-order valence-electron chi connectivity index (χ2n) is 11.2. The predicted molar refractivity (Wildman–Crippen MR) is 178 cm³/mol. The lowest BCUT2D eigenvalue weighted by Crippen LogP contribution is -2.21. The molecule has 0 unspecified atom stereocenters. The molecule has 0 fully saturated rings. The quantitative estimate of drug-likeness (QED) is 0.140. The standard InChI is InChI=1S/C35H30FN7O2S/c1-46(44,45)39-20-23-12-25(15-27(36)14-23)28-8-5-9-31-29(28)16-33(40-31)35-34-32(42-43-35)11-10-30(41-34)26-13-24(19-38-21-26)18-37-17-22-6-3-2-4-7-22/h2-16,19,21,37,39-40H,17-18,20H2,1H3,(H,42,43). The van der Waals surface area contributed by atoms with Crippen molar-refractivity contribution in [3.8, 4) is 33.8 Å². The van der Waals surface area contributed by atoms with Gasteiger partial charge in [0.25, 0.3) is 0 Å². The summed E-state index contributed by atoms with van der Waals surface area (Å²) in [7, 11) is -3.42. The lowest BCUT2D eigenvalue weighted by molar-refractivity contribution is 0.586. The van der Waals surface area contributed by atoms with Crippen molar-refractivity contribution in [1.82, 2.24) is 35.2 Å². The van der Waals surface area contributed by atoms with E-state index in [0.29, 0.717) is 28.9 Å². The number of aromatic nitrogens is 5. The van der Waals surface area contributed by atoms with Crippen LogP contribution in [0.3, 0.4) is 0 Å². The Kier molecular flexibility index (Phi) is 7.87. The Hall–Kier alpha value is -5.23. The molecule has 0 spiro atoms. The van der Waals surface area contributed by atoms with Crippen LogP contribution in [0, 0.1) is 5.82 Å². The number of hydrogen-bond acceptors (Lipinski definition) is 6. The first-order valence-corrected chi connectivity index (χ1v) is 16.6. The fraction of sp³-hybridized carbons (Fsp3) is 0.114. The molecular formula is C35H30FN7O2S. The lowest BCUT2D eigenvalue weighted by Gasteiger charge is -2.08. The fourth-order valence-electron chi connectivity index (χ4n) is 5.58. The molecule has 7 aromatic rings. The van der Waals surface area contributed by atoms with E-state index in [1.807, 2.05) is 67.0 Å². The molecule has 9 nitrogen and oxygen atoms in total. The first kappa shape index (κ1) is 29.5. The van der Waals surface area contributed by atoms with E-state index in [4.69, 9.17) is 4.98 Å². The zero-order valence-electron chi connectivity index (χ0n) is 24.9. The highest BCUT2D eigenvalue weighted by molar-refractivity contribution is 7.88. The third-order valence-corrected chi connectivity index (χ3v) is 8.39. The van der Waals surface area contributed by atoms with Crippen molar-refractivity contribution in [1.29, 1.82) is 0 Å². The largest absolute Gasteiger partial charge is 0.353 e. The molecule has 4 heterocycles. The number of H-pyrrole nitrogens is 2. The van der Waals surface area contributed by atoms with Crippen molar-refractivity contribution >= 4 is 32.0 Å². The van der Waals surface area contributed by atoms with Gasteiger partial charge in [-0.15, -0.1) is 0 Å². The number of nitrogens with zero attached hydrogens (tertiary/aromatic N) is 3. The first-order valence-electron chi connectivity index (χ1n) is 14.7. The summed E-state index contributed by atoms with van der Waals surface area (Å²) in [4.78, 5) is 12.9. The minimum Gasteiger partial charge on any atom is -0.353 e. The van der Waals surface area contributed by atoms with E-state index in [-0.39, 0.29) is 6.54 Å². The van der Waals surface area contributed by atoms with Crippen molar-refractivity contribution in [2.45, 2.75) is 19.6 Å². The van der Waals surface area contributed by atoms with Gasteiger partial charge < -0.3 is 10.3 Å². The number of benzene rings is 3. The van der Waals surface area contributed by atoms with Gasteiger partial charge in [0.05, 0.1) is 23.2 Å². The molecule has 4 N–H and O–H groups in total. The molecule has 0 aliphatic heterocycles.